The van der Waals surface area contributed by atoms with Gasteiger partial charge in [0.2, 0.25) is 5.28 Å². The molecule has 0 spiro atoms. The number of carbonyl (C=O) groups is 1. The standard InChI is InChI=1S/C10H8ClN3O2/c11-10-12-6-14(13-10)5-7-2-1-3-8(4-7)9(15)16/h1-4,6H,5H2,(H,15,16). The Labute approximate surface area is 96.3 Å². The molecule has 1 N–H and O–H groups in total. The molecule has 0 fully saturated rings. The van der Waals surface area contributed by atoms with E-state index < -0.39 is 5.97 Å². The van der Waals surface area contributed by atoms with E-state index in [-0.39, 0.29) is 10.8 Å². The first-order valence-electron chi connectivity index (χ1n) is 4.52. The Hall–Kier alpha value is -1.88. The van der Waals surface area contributed by atoms with Crippen molar-refractivity contribution in [1.29, 1.82) is 0 Å². The molecule has 16 heavy (non-hydrogen) atoms. The van der Waals surface area contributed by atoms with Crippen LogP contribution >= 0.6 is 11.6 Å². The Kier molecular flexibility index (Phi) is 2.87. The molecule has 0 saturated heterocycles. The molecule has 0 aliphatic heterocycles. The van der Waals surface area contributed by atoms with Gasteiger partial charge >= 0.3 is 5.97 Å². The van der Waals surface area contributed by atoms with Crippen LogP contribution in [0.4, 0.5) is 0 Å². The van der Waals surface area contributed by atoms with Crippen molar-refractivity contribution in [2.24, 2.45) is 0 Å². The Bertz CT molecular complexity index is 524. The minimum atomic E-state index is -0.946. The topological polar surface area (TPSA) is 68.0 Å². The predicted molar refractivity (Wildman–Crippen MR) is 57.5 cm³/mol. The Morgan fingerprint density at radius 1 is 1.50 bits per heavy atom. The first kappa shape index (κ1) is 10.6. The lowest BCUT2D eigenvalue weighted by atomic mass is 10.1. The van der Waals surface area contributed by atoms with Gasteiger partial charge < -0.3 is 5.11 Å². The summed E-state index contributed by atoms with van der Waals surface area (Å²) in [6.07, 6.45) is 1.50. The van der Waals surface area contributed by atoms with E-state index in [1.165, 1.54) is 6.33 Å². The van der Waals surface area contributed by atoms with Gasteiger partial charge in [-0.25, -0.2) is 14.5 Å². The molecular weight excluding hydrogens is 230 g/mol. The van der Waals surface area contributed by atoms with Gasteiger partial charge in [-0.15, -0.1) is 5.10 Å². The molecule has 6 heteroatoms. The van der Waals surface area contributed by atoms with Crippen molar-refractivity contribution in [3.63, 3.8) is 0 Å². The molecule has 0 amide bonds. The van der Waals surface area contributed by atoms with E-state index in [9.17, 15) is 4.79 Å². The third kappa shape index (κ3) is 2.38. The Morgan fingerprint density at radius 3 is 2.94 bits per heavy atom. The highest BCUT2D eigenvalue weighted by molar-refractivity contribution is 6.28. The van der Waals surface area contributed by atoms with Crippen LogP contribution in [-0.2, 0) is 6.54 Å². The van der Waals surface area contributed by atoms with E-state index in [2.05, 4.69) is 10.1 Å². The molecule has 0 atom stereocenters. The quantitative estimate of drug-likeness (QED) is 0.882. The van der Waals surface area contributed by atoms with Crippen LogP contribution in [0.1, 0.15) is 15.9 Å². The molecule has 2 rings (SSSR count). The summed E-state index contributed by atoms with van der Waals surface area (Å²) >= 11 is 5.57. The van der Waals surface area contributed by atoms with Crippen molar-refractivity contribution in [2.75, 3.05) is 0 Å². The van der Waals surface area contributed by atoms with Gasteiger partial charge in [0.15, 0.2) is 0 Å². The number of aromatic nitrogens is 3. The number of carboxylic acids is 1. The van der Waals surface area contributed by atoms with Gasteiger partial charge in [0.25, 0.3) is 0 Å². The van der Waals surface area contributed by atoms with E-state index in [1.54, 1.807) is 22.9 Å². The Balaban J connectivity index is 2.21. The summed E-state index contributed by atoms with van der Waals surface area (Å²) in [7, 11) is 0. The number of aromatic carboxylic acids is 1. The highest BCUT2D eigenvalue weighted by Gasteiger charge is 2.04. The van der Waals surface area contributed by atoms with Crippen LogP contribution in [0.25, 0.3) is 0 Å². The summed E-state index contributed by atoms with van der Waals surface area (Å²) in [5.41, 5.74) is 1.09. The van der Waals surface area contributed by atoms with E-state index >= 15 is 0 Å². The van der Waals surface area contributed by atoms with Gasteiger partial charge in [-0.2, -0.15) is 0 Å². The van der Waals surface area contributed by atoms with E-state index in [1.807, 2.05) is 6.07 Å². The highest BCUT2D eigenvalue weighted by Crippen LogP contribution is 2.07. The fraction of sp³-hybridized carbons (Fsp3) is 0.100. The third-order valence-corrected chi connectivity index (χ3v) is 2.20. The average Bonchev–Trinajstić information content (AvgIpc) is 2.64. The van der Waals surface area contributed by atoms with Crippen LogP contribution in [0.5, 0.6) is 0 Å². The largest absolute Gasteiger partial charge is 0.478 e. The third-order valence-electron chi connectivity index (χ3n) is 2.03. The molecule has 2 aromatic rings. The maximum Gasteiger partial charge on any atom is 0.335 e. The highest BCUT2D eigenvalue weighted by atomic mass is 35.5. The van der Waals surface area contributed by atoms with Crippen LogP contribution in [-0.4, -0.2) is 25.8 Å². The monoisotopic (exact) mass is 237 g/mol. The molecule has 0 unspecified atom stereocenters. The lowest BCUT2D eigenvalue weighted by Crippen LogP contribution is -2.02. The maximum absolute atomic E-state index is 10.8. The van der Waals surface area contributed by atoms with Gasteiger partial charge in [-0.3, -0.25) is 0 Å². The van der Waals surface area contributed by atoms with Gasteiger partial charge in [0.1, 0.15) is 6.33 Å². The number of nitrogens with zero attached hydrogens (tertiary/aromatic N) is 3. The number of halogens is 1. The second kappa shape index (κ2) is 4.32. The summed E-state index contributed by atoms with van der Waals surface area (Å²) in [5.74, 6) is -0.946. The molecule has 0 aliphatic carbocycles. The lowest BCUT2D eigenvalue weighted by molar-refractivity contribution is 0.0696. The minimum absolute atomic E-state index is 0.175. The molecule has 0 aliphatic rings. The summed E-state index contributed by atoms with van der Waals surface area (Å²) in [5, 5.41) is 12.9. The van der Waals surface area contributed by atoms with Gasteiger partial charge in [-0.1, -0.05) is 12.1 Å². The number of hydrogen-bond donors (Lipinski definition) is 1. The van der Waals surface area contributed by atoms with E-state index in [4.69, 9.17) is 16.7 Å². The molecule has 0 radical (unpaired) electrons. The number of carboxylic acid groups (broad SMARTS) is 1. The van der Waals surface area contributed by atoms with Crippen LogP contribution in [0.2, 0.25) is 5.28 Å². The van der Waals surface area contributed by atoms with E-state index in [0.717, 1.165) is 5.56 Å². The second-order valence-corrected chi connectivity index (χ2v) is 3.55. The molecule has 1 aromatic heterocycles. The lowest BCUT2D eigenvalue weighted by Gasteiger charge is -2.02. The minimum Gasteiger partial charge on any atom is -0.478 e. The first-order chi connectivity index (χ1) is 7.65. The smallest absolute Gasteiger partial charge is 0.335 e. The zero-order valence-electron chi connectivity index (χ0n) is 8.17. The van der Waals surface area contributed by atoms with Crippen molar-refractivity contribution in [2.45, 2.75) is 6.54 Å². The molecular formula is C10H8ClN3O2. The zero-order valence-corrected chi connectivity index (χ0v) is 8.92. The van der Waals surface area contributed by atoms with Crippen LogP contribution in [0, 0.1) is 0 Å². The van der Waals surface area contributed by atoms with Crippen molar-refractivity contribution >= 4 is 17.6 Å². The molecule has 5 nitrogen and oxygen atoms in total. The number of hydrogen-bond acceptors (Lipinski definition) is 3. The fourth-order valence-electron chi connectivity index (χ4n) is 1.34. The molecule has 0 saturated carbocycles. The van der Waals surface area contributed by atoms with Gasteiger partial charge in [0.05, 0.1) is 12.1 Å². The van der Waals surface area contributed by atoms with Crippen LogP contribution < -0.4 is 0 Å². The summed E-state index contributed by atoms with van der Waals surface area (Å²) < 4.78 is 1.54. The number of rotatable bonds is 3. The Morgan fingerprint density at radius 2 is 2.31 bits per heavy atom. The SMILES string of the molecule is O=C(O)c1cccc(Cn2cnc(Cl)n2)c1. The first-order valence-corrected chi connectivity index (χ1v) is 4.90. The maximum atomic E-state index is 10.8. The zero-order chi connectivity index (χ0) is 11.5. The van der Waals surface area contributed by atoms with Crippen LogP contribution in [0.15, 0.2) is 30.6 Å². The molecule has 1 aromatic carbocycles. The molecule has 1 heterocycles. The van der Waals surface area contributed by atoms with Gasteiger partial charge in [-0.05, 0) is 29.3 Å². The average molecular weight is 238 g/mol. The second-order valence-electron chi connectivity index (χ2n) is 3.22. The van der Waals surface area contributed by atoms with Crippen molar-refractivity contribution < 1.29 is 9.90 Å². The van der Waals surface area contributed by atoms with Crippen molar-refractivity contribution in [3.8, 4) is 0 Å². The van der Waals surface area contributed by atoms with Crippen LogP contribution in [0.3, 0.4) is 0 Å². The van der Waals surface area contributed by atoms with Gasteiger partial charge in [0, 0.05) is 0 Å². The van der Waals surface area contributed by atoms with Crippen molar-refractivity contribution in [3.05, 3.63) is 47.0 Å². The van der Waals surface area contributed by atoms with Crippen molar-refractivity contribution in [1.82, 2.24) is 14.8 Å². The summed E-state index contributed by atoms with van der Waals surface area (Å²) in [6, 6.07) is 6.65. The molecule has 82 valence electrons. The van der Waals surface area contributed by atoms with E-state index in [0.29, 0.717) is 6.54 Å². The number of benzene rings is 1. The predicted octanol–water partition coefficient (Wildman–Crippen LogP) is 1.68. The summed E-state index contributed by atoms with van der Waals surface area (Å²) in [6.45, 7) is 0.445. The normalized spacial score (nSPS) is 10.3. The fourth-order valence-corrected chi connectivity index (χ4v) is 1.48. The molecule has 0 bridgehead atoms. The summed E-state index contributed by atoms with van der Waals surface area (Å²) in [4.78, 5) is 14.5.